The first-order chi connectivity index (χ1) is 12.3. The minimum atomic E-state index is -3.50. The smallest absolute Gasteiger partial charge is 0.251 e. The summed E-state index contributed by atoms with van der Waals surface area (Å²) in [5, 5.41) is 0. The van der Waals surface area contributed by atoms with Crippen LogP contribution in [0.25, 0.3) is 6.08 Å². The van der Waals surface area contributed by atoms with Gasteiger partial charge in [0.05, 0.1) is 4.90 Å². The van der Waals surface area contributed by atoms with E-state index in [1.165, 1.54) is 38.4 Å². The van der Waals surface area contributed by atoms with Gasteiger partial charge >= 0.3 is 0 Å². The number of hydrogen-bond donors (Lipinski definition) is 0. The monoisotopic (exact) mass is 374 g/mol. The van der Waals surface area contributed by atoms with Crippen molar-refractivity contribution >= 4 is 27.7 Å². The predicted octanol–water partition coefficient (Wildman–Crippen LogP) is 2.68. The number of benzene rings is 2. The van der Waals surface area contributed by atoms with Crippen LogP contribution in [0.1, 0.15) is 11.1 Å². The summed E-state index contributed by atoms with van der Waals surface area (Å²) in [6.45, 7) is 0.493. The Kier molecular flexibility index (Phi) is 4.93. The predicted molar refractivity (Wildman–Crippen MR) is 98.8 cm³/mol. The molecule has 0 spiro atoms. The van der Waals surface area contributed by atoms with Crippen molar-refractivity contribution in [1.82, 2.24) is 4.31 Å². The highest BCUT2D eigenvalue weighted by Gasteiger charge is 2.26. The van der Waals surface area contributed by atoms with Crippen molar-refractivity contribution in [2.75, 3.05) is 25.5 Å². The van der Waals surface area contributed by atoms with Gasteiger partial charge in [-0.1, -0.05) is 12.1 Å². The average Bonchev–Trinajstić information content (AvgIpc) is 3.04. The molecule has 0 saturated heterocycles. The van der Waals surface area contributed by atoms with Gasteiger partial charge in [0.1, 0.15) is 5.82 Å². The molecule has 1 amide bonds. The van der Waals surface area contributed by atoms with Crippen LogP contribution in [0.2, 0.25) is 0 Å². The van der Waals surface area contributed by atoms with Crippen molar-refractivity contribution in [2.45, 2.75) is 11.3 Å². The van der Waals surface area contributed by atoms with Crippen molar-refractivity contribution in [3.05, 3.63) is 65.5 Å². The van der Waals surface area contributed by atoms with Crippen molar-refractivity contribution < 1.29 is 17.6 Å². The van der Waals surface area contributed by atoms with E-state index in [9.17, 15) is 17.6 Å². The van der Waals surface area contributed by atoms with Gasteiger partial charge in [-0.2, -0.15) is 0 Å². The maximum absolute atomic E-state index is 12.9. The van der Waals surface area contributed by atoms with Crippen LogP contribution in [0, 0.1) is 5.82 Å². The summed E-state index contributed by atoms with van der Waals surface area (Å²) >= 11 is 0. The van der Waals surface area contributed by atoms with E-state index in [1.54, 1.807) is 35.2 Å². The molecule has 0 radical (unpaired) electrons. The van der Waals surface area contributed by atoms with Gasteiger partial charge in [-0.05, 0) is 54.0 Å². The average molecular weight is 374 g/mol. The van der Waals surface area contributed by atoms with Gasteiger partial charge in [0.25, 0.3) is 5.91 Å². The van der Waals surface area contributed by atoms with Crippen LogP contribution < -0.4 is 4.90 Å². The molecule has 1 aliphatic rings. The van der Waals surface area contributed by atoms with Gasteiger partial charge in [0.2, 0.25) is 10.0 Å². The molecule has 0 saturated carbocycles. The van der Waals surface area contributed by atoms with E-state index >= 15 is 0 Å². The third-order valence-electron chi connectivity index (χ3n) is 4.28. The van der Waals surface area contributed by atoms with Crippen LogP contribution in [0.15, 0.2) is 53.4 Å². The molecular weight excluding hydrogens is 355 g/mol. The van der Waals surface area contributed by atoms with Crippen LogP contribution in [0.4, 0.5) is 10.1 Å². The molecule has 0 fully saturated rings. The zero-order valence-corrected chi connectivity index (χ0v) is 15.3. The molecule has 136 valence electrons. The largest absolute Gasteiger partial charge is 0.308 e. The van der Waals surface area contributed by atoms with Crippen molar-refractivity contribution in [2.24, 2.45) is 0 Å². The Balaban J connectivity index is 1.81. The number of rotatable bonds is 4. The molecule has 0 aromatic heterocycles. The number of carbonyl (C=O) groups excluding carboxylic acids is 1. The van der Waals surface area contributed by atoms with Crippen LogP contribution >= 0.6 is 0 Å². The third kappa shape index (κ3) is 3.54. The Morgan fingerprint density at radius 3 is 2.50 bits per heavy atom. The second kappa shape index (κ2) is 7.01. The fourth-order valence-corrected chi connectivity index (χ4v) is 3.76. The fourth-order valence-electron chi connectivity index (χ4n) is 2.81. The number of fused-ring (bicyclic) bond motifs is 1. The van der Waals surface area contributed by atoms with E-state index in [1.807, 2.05) is 0 Å². The molecule has 3 rings (SSSR count). The Morgan fingerprint density at radius 2 is 1.85 bits per heavy atom. The standard InChI is InChI=1S/C19H19FN2O3S/c1-21(2)26(24,25)17-8-9-18-15(13-17)11-12-22(18)19(23)10-5-14-3-6-16(20)7-4-14/h3-10,13H,11-12H2,1-2H3/b10-5+. The zero-order chi connectivity index (χ0) is 18.9. The molecule has 5 nitrogen and oxygen atoms in total. The summed E-state index contributed by atoms with van der Waals surface area (Å²) < 4.78 is 38.6. The Hall–Kier alpha value is -2.51. The molecular formula is C19H19FN2O3S. The second-order valence-corrected chi connectivity index (χ2v) is 8.35. The molecule has 26 heavy (non-hydrogen) atoms. The lowest BCUT2D eigenvalue weighted by atomic mass is 10.2. The van der Waals surface area contributed by atoms with Gasteiger partial charge in [0.15, 0.2) is 0 Å². The summed E-state index contributed by atoms with van der Waals surface area (Å²) in [6.07, 6.45) is 3.67. The lowest BCUT2D eigenvalue weighted by Crippen LogP contribution is -2.27. The molecule has 1 aliphatic heterocycles. The maximum Gasteiger partial charge on any atom is 0.251 e. The van der Waals surface area contributed by atoms with Crippen LogP contribution in [0.3, 0.4) is 0 Å². The van der Waals surface area contributed by atoms with E-state index in [4.69, 9.17) is 0 Å². The first kappa shape index (κ1) is 18.3. The van der Waals surface area contributed by atoms with Crippen LogP contribution in [-0.4, -0.2) is 39.3 Å². The maximum atomic E-state index is 12.9. The van der Waals surface area contributed by atoms with E-state index in [0.717, 1.165) is 21.1 Å². The summed E-state index contributed by atoms with van der Waals surface area (Å²) in [5.41, 5.74) is 2.28. The minimum Gasteiger partial charge on any atom is -0.308 e. The molecule has 2 aromatic rings. The number of halogens is 1. The van der Waals surface area contributed by atoms with Gasteiger partial charge in [-0.15, -0.1) is 0 Å². The summed E-state index contributed by atoms with van der Waals surface area (Å²) in [7, 11) is -0.531. The van der Waals surface area contributed by atoms with E-state index in [0.29, 0.717) is 13.0 Å². The van der Waals surface area contributed by atoms with E-state index in [2.05, 4.69) is 0 Å². The van der Waals surface area contributed by atoms with Gasteiger partial charge < -0.3 is 4.90 Å². The van der Waals surface area contributed by atoms with Gasteiger partial charge in [0, 0.05) is 32.4 Å². The number of sulfonamides is 1. The number of anilines is 1. The number of nitrogens with zero attached hydrogens (tertiary/aromatic N) is 2. The molecule has 1 heterocycles. The molecule has 2 aromatic carbocycles. The number of hydrogen-bond acceptors (Lipinski definition) is 3. The SMILES string of the molecule is CN(C)S(=O)(=O)c1ccc2c(c1)CCN2C(=O)/C=C/c1ccc(F)cc1. The van der Waals surface area contributed by atoms with E-state index in [-0.39, 0.29) is 16.6 Å². The first-order valence-corrected chi connectivity index (χ1v) is 9.53. The quantitative estimate of drug-likeness (QED) is 0.773. The normalized spacial score (nSPS) is 14.2. The minimum absolute atomic E-state index is 0.198. The third-order valence-corrected chi connectivity index (χ3v) is 6.09. The zero-order valence-electron chi connectivity index (χ0n) is 14.5. The fraction of sp³-hybridized carbons (Fsp3) is 0.211. The summed E-state index contributed by atoms with van der Waals surface area (Å²) in [4.78, 5) is 14.3. The summed E-state index contributed by atoms with van der Waals surface area (Å²) in [6, 6.07) is 10.7. The first-order valence-electron chi connectivity index (χ1n) is 8.09. The number of amides is 1. The van der Waals surface area contributed by atoms with Crippen LogP contribution in [-0.2, 0) is 21.2 Å². The molecule has 0 N–H and O–H groups in total. The molecule has 0 atom stereocenters. The Labute approximate surface area is 152 Å². The molecule has 7 heteroatoms. The second-order valence-electron chi connectivity index (χ2n) is 6.20. The Bertz CT molecular complexity index is 967. The Morgan fingerprint density at radius 1 is 1.15 bits per heavy atom. The van der Waals surface area contributed by atoms with E-state index < -0.39 is 10.0 Å². The van der Waals surface area contributed by atoms with Gasteiger partial charge in [-0.25, -0.2) is 17.1 Å². The van der Waals surface area contributed by atoms with Crippen LogP contribution in [0.5, 0.6) is 0 Å². The van der Waals surface area contributed by atoms with Crippen molar-refractivity contribution in [3.8, 4) is 0 Å². The topological polar surface area (TPSA) is 57.7 Å². The lowest BCUT2D eigenvalue weighted by Gasteiger charge is -2.16. The van der Waals surface area contributed by atoms with Crippen molar-refractivity contribution in [3.63, 3.8) is 0 Å². The number of carbonyl (C=O) groups is 1. The highest BCUT2D eigenvalue weighted by atomic mass is 32.2. The summed E-state index contributed by atoms with van der Waals surface area (Å²) in [5.74, 6) is -0.526. The van der Waals surface area contributed by atoms with Crippen molar-refractivity contribution in [1.29, 1.82) is 0 Å². The molecule has 0 aliphatic carbocycles. The highest BCUT2D eigenvalue weighted by Crippen LogP contribution is 2.31. The molecule has 0 unspecified atom stereocenters. The molecule has 0 bridgehead atoms. The highest BCUT2D eigenvalue weighted by molar-refractivity contribution is 7.89. The lowest BCUT2D eigenvalue weighted by molar-refractivity contribution is -0.114. The van der Waals surface area contributed by atoms with Gasteiger partial charge in [-0.3, -0.25) is 4.79 Å².